The minimum atomic E-state index is -1.71. The lowest BCUT2D eigenvalue weighted by atomic mass is 10.0. The van der Waals surface area contributed by atoms with Crippen molar-refractivity contribution in [2.45, 2.75) is 114 Å². The summed E-state index contributed by atoms with van der Waals surface area (Å²) < 4.78 is 0. The molecular formula is C51H66N10O13. The Labute approximate surface area is 427 Å². The van der Waals surface area contributed by atoms with Crippen LogP contribution in [0, 0.1) is 0 Å². The third-order valence-electron chi connectivity index (χ3n) is 12.2. The number of carbonyl (C=O) groups is 10. The average Bonchev–Trinajstić information content (AvgIpc) is 3.77. The van der Waals surface area contributed by atoms with E-state index in [4.69, 9.17) is 11.5 Å². The molecule has 0 saturated carbocycles. The molecule has 398 valence electrons. The van der Waals surface area contributed by atoms with Gasteiger partial charge in [0.25, 0.3) is 0 Å². The number of phenolic OH excluding ortho intramolecular Hbond substituents is 1. The Bertz CT molecular complexity index is 2630. The highest BCUT2D eigenvalue weighted by Crippen LogP contribution is 2.21. The molecule has 74 heavy (non-hydrogen) atoms. The van der Waals surface area contributed by atoms with Gasteiger partial charge in [-0.15, -0.1) is 0 Å². The zero-order valence-corrected chi connectivity index (χ0v) is 41.7. The number of likely N-dealkylation sites (N-methyl/N-ethyl adjacent to an activating group) is 2. The Kier molecular flexibility index (Phi) is 22.1. The number of aromatic hydroxyl groups is 1. The summed E-state index contributed by atoms with van der Waals surface area (Å²) in [7, 11) is 2.64. The van der Waals surface area contributed by atoms with Crippen molar-refractivity contribution in [1.29, 1.82) is 0 Å². The number of hydrogen-bond donors (Lipinski definition) is 11. The number of nitrogens with one attached hydrogen (secondary N) is 6. The van der Waals surface area contributed by atoms with E-state index in [0.717, 1.165) is 20.7 Å². The maximum Gasteiger partial charge on any atom is 0.305 e. The monoisotopic (exact) mass is 1030 g/mol. The second-order valence-corrected chi connectivity index (χ2v) is 17.9. The molecule has 0 saturated heterocycles. The number of phenols is 1. The number of carboxylic acid groups (broad SMARTS) is 2. The fourth-order valence-electron chi connectivity index (χ4n) is 8.22. The van der Waals surface area contributed by atoms with Crippen molar-refractivity contribution in [1.82, 2.24) is 41.4 Å². The van der Waals surface area contributed by atoms with Crippen LogP contribution in [-0.2, 0) is 67.2 Å². The van der Waals surface area contributed by atoms with Crippen LogP contribution in [0.25, 0.3) is 10.9 Å². The average molecular weight is 1030 g/mol. The van der Waals surface area contributed by atoms with Crippen molar-refractivity contribution in [3.63, 3.8) is 0 Å². The number of aromatic amines is 1. The number of nitrogens with two attached hydrogens (primary N) is 2. The molecule has 23 heteroatoms. The van der Waals surface area contributed by atoms with E-state index in [1.165, 1.54) is 38.4 Å². The Hall–Kier alpha value is -8.34. The number of benzene rings is 3. The highest BCUT2D eigenvalue weighted by Gasteiger charge is 2.37. The van der Waals surface area contributed by atoms with Gasteiger partial charge in [-0.25, -0.2) is 0 Å². The van der Waals surface area contributed by atoms with Gasteiger partial charge in [0.05, 0.1) is 25.4 Å². The number of carbonyl (C=O) groups excluding carboxylic acids is 8. The third-order valence-corrected chi connectivity index (χ3v) is 12.2. The molecule has 0 aliphatic heterocycles. The number of rotatable bonds is 29. The minimum absolute atomic E-state index is 0.0201. The lowest BCUT2D eigenvalue weighted by Gasteiger charge is -2.32. The van der Waals surface area contributed by atoms with Crippen LogP contribution in [0.3, 0.4) is 0 Å². The molecule has 0 aliphatic rings. The molecule has 23 nitrogen and oxygen atoms in total. The number of aliphatic carboxylic acids is 2. The number of fused-ring (bicyclic) bond motifs is 1. The number of primary amides is 1. The van der Waals surface area contributed by atoms with E-state index in [1.807, 2.05) is 0 Å². The fourth-order valence-corrected chi connectivity index (χ4v) is 8.22. The van der Waals surface area contributed by atoms with Crippen molar-refractivity contribution in [2.24, 2.45) is 11.5 Å². The van der Waals surface area contributed by atoms with E-state index in [9.17, 15) is 63.3 Å². The largest absolute Gasteiger partial charge is 0.508 e. The van der Waals surface area contributed by atoms with Crippen LogP contribution in [0.1, 0.15) is 69.1 Å². The minimum Gasteiger partial charge on any atom is -0.508 e. The molecule has 0 spiro atoms. The molecule has 0 radical (unpaired) electrons. The van der Waals surface area contributed by atoms with Gasteiger partial charge >= 0.3 is 11.9 Å². The second kappa shape index (κ2) is 28.0. The molecule has 13 N–H and O–H groups in total. The number of hydrogen-bond acceptors (Lipinski definition) is 12. The maximum atomic E-state index is 14.6. The fraction of sp³-hybridized carbons (Fsp3) is 0.412. The van der Waals surface area contributed by atoms with Crippen LogP contribution < -0.4 is 38.1 Å². The van der Waals surface area contributed by atoms with Crippen LogP contribution >= 0.6 is 0 Å². The topological polar surface area (TPSA) is 366 Å². The van der Waals surface area contributed by atoms with Gasteiger partial charge in [-0.2, -0.15) is 0 Å². The van der Waals surface area contributed by atoms with E-state index in [-0.39, 0.29) is 37.9 Å². The predicted octanol–water partition coefficient (Wildman–Crippen LogP) is -0.0270. The summed E-state index contributed by atoms with van der Waals surface area (Å²) in [6.45, 7) is 2.79. The molecule has 1 heterocycles. The third kappa shape index (κ3) is 17.2. The van der Waals surface area contributed by atoms with Gasteiger partial charge in [-0.1, -0.05) is 87.4 Å². The van der Waals surface area contributed by atoms with E-state index in [2.05, 4.69) is 31.6 Å². The lowest BCUT2D eigenvalue weighted by molar-refractivity contribution is -0.144. The molecule has 7 atom stereocenters. The molecule has 0 fully saturated rings. The first-order chi connectivity index (χ1) is 35.1. The molecule has 4 rings (SSSR count). The Morgan fingerprint density at radius 2 is 1.11 bits per heavy atom. The highest BCUT2D eigenvalue weighted by molar-refractivity contribution is 5.98. The lowest BCUT2D eigenvalue weighted by Crippen LogP contribution is -2.59. The number of H-pyrrole nitrogens is 1. The second-order valence-electron chi connectivity index (χ2n) is 17.9. The molecule has 0 bridgehead atoms. The normalized spacial score (nSPS) is 13.9. The maximum absolute atomic E-state index is 14.6. The summed E-state index contributed by atoms with van der Waals surface area (Å²) in [5.74, 6) is -9.73. The van der Waals surface area contributed by atoms with Crippen molar-refractivity contribution < 1.29 is 63.3 Å². The molecule has 8 amide bonds. The standard InChI is InChI=1S/C51H66N10O13/c1-5-12-40(60(3)50(73)38(23-30-18-20-32(62)21-19-30)59-46(69)34(52)25-43(64)65)48(71)55-28-42(63)56-39(24-31-27-54-35-17-11-10-16-33(31)35)51(74)61(4)41(13-6-2)49(72)58-37(26-44(66)67)47(70)57-36(45(53)68)22-29-14-8-7-9-15-29/h7-11,14-21,27,34,36-41,54,62H,5-6,12-13,22-26,28,52H2,1-4H3,(H2,53,68)(H,55,71)(H,56,63)(H,57,70)(H,58,72)(H,59,69)(H,64,65)(H,66,67)/t34-,36-,37-,38-,39-,40-,41-/m0/s1. The summed E-state index contributed by atoms with van der Waals surface area (Å²) in [5.41, 5.74) is 13.9. The molecule has 4 aromatic rings. The zero-order valence-electron chi connectivity index (χ0n) is 41.7. The predicted molar refractivity (Wildman–Crippen MR) is 269 cm³/mol. The van der Waals surface area contributed by atoms with Crippen LogP contribution in [0.5, 0.6) is 5.75 Å². The van der Waals surface area contributed by atoms with Gasteiger partial charge in [0, 0.05) is 50.5 Å². The van der Waals surface area contributed by atoms with Gasteiger partial charge in [-0.3, -0.25) is 47.9 Å². The Balaban J connectivity index is 1.55. The van der Waals surface area contributed by atoms with Gasteiger partial charge in [0.2, 0.25) is 47.3 Å². The summed E-state index contributed by atoms with van der Waals surface area (Å²) in [4.78, 5) is 138. The molecule has 0 unspecified atom stereocenters. The van der Waals surface area contributed by atoms with Gasteiger partial charge in [0.15, 0.2) is 0 Å². The molecule has 0 aliphatic carbocycles. The van der Waals surface area contributed by atoms with E-state index >= 15 is 0 Å². The summed E-state index contributed by atoms with van der Waals surface area (Å²) >= 11 is 0. The molecule has 3 aromatic carbocycles. The molecule has 1 aromatic heterocycles. The van der Waals surface area contributed by atoms with Crippen LogP contribution in [-0.4, -0.2) is 152 Å². The smallest absolute Gasteiger partial charge is 0.305 e. The van der Waals surface area contributed by atoms with Gasteiger partial charge in [-0.05, 0) is 47.7 Å². The SMILES string of the molecule is CCC[C@@H](C(=O)N[C@@H](CC(=O)O)C(=O)N[C@@H](Cc1ccccc1)C(N)=O)N(C)C(=O)[C@H](Cc1c[nH]c2ccccc12)NC(=O)CNC(=O)[C@H](CCC)N(C)C(=O)[C@H](Cc1ccc(O)cc1)NC(=O)[C@@H](N)CC(=O)O. The number of carboxylic acids is 2. The first kappa shape index (κ1) is 58.2. The summed E-state index contributed by atoms with van der Waals surface area (Å²) in [6, 6.07) is 11.8. The Morgan fingerprint density at radius 1 is 0.595 bits per heavy atom. The quantitative estimate of drug-likeness (QED) is 0.0341. The van der Waals surface area contributed by atoms with Crippen molar-refractivity contribution >= 4 is 70.1 Å². The van der Waals surface area contributed by atoms with Crippen molar-refractivity contribution in [2.75, 3.05) is 20.6 Å². The van der Waals surface area contributed by atoms with Crippen LogP contribution in [0.4, 0.5) is 0 Å². The van der Waals surface area contributed by atoms with E-state index in [0.29, 0.717) is 29.5 Å². The van der Waals surface area contributed by atoms with Gasteiger partial charge < -0.3 is 68.2 Å². The zero-order chi connectivity index (χ0) is 54.6. The number of para-hydroxylation sites is 1. The number of aromatic nitrogens is 1. The van der Waals surface area contributed by atoms with Crippen molar-refractivity contribution in [3.8, 4) is 5.75 Å². The first-order valence-corrected chi connectivity index (χ1v) is 24.0. The van der Waals surface area contributed by atoms with Crippen LogP contribution in [0.15, 0.2) is 85.1 Å². The van der Waals surface area contributed by atoms with E-state index in [1.54, 1.807) is 74.6 Å². The summed E-state index contributed by atoms with van der Waals surface area (Å²) in [5, 5.41) is 42.0. The first-order valence-electron chi connectivity index (χ1n) is 24.0. The van der Waals surface area contributed by atoms with Crippen LogP contribution in [0.2, 0.25) is 0 Å². The number of nitrogens with zero attached hydrogens (tertiary/aromatic N) is 2. The van der Waals surface area contributed by atoms with Crippen molar-refractivity contribution in [3.05, 3.63) is 102 Å². The van der Waals surface area contributed by atoms with E-state index < -0.39 is 121 Å². The van der Waals surface area contributed by atoms with Gasteiger partial charge in [0.1, 0.15) is 42.0 Å². The number of amides is 8. The summed E-state index contributed by atoms with van der Waals surface area (Å²) in [6.07, 6.45) is 0.591. The Morgan fingerprint density at radius 3 is 1.69 bits per heavy atom. The molecular weight excluding hydrogens is 961 g/mol. The highest BCUT2D eigenvalue weighted by atomic mass is 16.4.